The Labute approximate surface area is 103 Å². The van der Waals surface area contributed by atoms with E-state index < -0.39 is 5.97 Å². The summed E-state index contributed by atoms with van der Waals surface area (Å²) in [6.07, 6.45) is 1.52. The Hall–Kier alpha value is -0.890. The fraction of sp³-hybridized carbons (Fsp3) is 0.125. The third-order valence-electron chi connectivity index (χ3n) is 1.84. The molecule has 5 nitrogen and oxygen atoms in total. The van der Waals surface area contributed by atoms with E-state index in [2.05, 4.69) is 10.1 Å². The highest BCUT2D eigenvalue weighted by Gasteiger charge is 2.11. The maximum Gasteiger partial charge on any atom is 0.325 e. The Morgan fingerprint density at radius 3 is 3.07 bits per heavy atom. The summed E-state index contributed by atoms with van der Waals surface area (Å²) in [6, 6.07) is 1.67. The third kappa shape index (κ3) is 2.05. The van der Waals surface area contributed by atoms with Crippen LogP contribution in [0.5, 0.6) is 0 Å². The van der Waals surface area contributed by atoms with Gasteiger partial charge in [-0.1, -0.05) is 11.6 Å². The van der Waals surface area contributed by atoms with E-state index in [1.807, 2.05) is 22.6 Å². The number of pyridine rings is 1. The van der Waals surface area contributed by atoms with Crippen molar-refractivity contribution >= 4 is 51.1 Å². The molecule has 1 N–H and O–H groups in total. The van der Waals surface area contributed by atoms with Crippen molar-refractivity contribution in [2.75, 3.05) is 0 Å². The molecular weight excluding hydrogens is 332 g/mol. The van der Waals surface area contributed by atoms with Crippen molar-refractivity contribution in [1.29, 1.82) is 0 Å². The van der Waals surface area contributed by atoms with Crippen LogP contribution < -0.4 is 0 Å². The number of hydrogen-bond acceptors (Lipinski definition) is 3. The fourth-order valence-corrected chi connectivity index (χ4v) is 2.11. The summed E-state index contributed by atoms with van der Waals surface area (Å²) < 4.78 is 2.11. The van der Waals surface area contributed by atoms with E-state index in [1.165, 1.54) is 10.9 Å². The summed E-state index contributed by atoms with van der Waals surface area (Å²) in [4.78, 5) is 14.5. The summed E-state index contributed by atoms with van der Waals surface area (Å²) in [5.74, 6) is -0.939. The first-order chi connectivity index (χ1) is 7.08. The molecular formula is C8H5ClIN3O2. The highest BCUT2D eigenvalue weighted by Crippen LogP contribution is 2.21. The molecule has 78 valence electrons. The van der Waals surface area contributed by atoms with Gasteiger partial charge in [0.15, 0.2) is 0 Å². The monoisotopic (exact) mass is 337 g/mol. The molecule has 0 aromatic carbocycles. The number of rotatable bonds is 2. The van der Waals surface area contributed by atoms with Crippen molar-refractivity contribution in [3.05, 3.63) is 21.1 Å². The maximum absolute atomic E-state index is 10.6. The molecule has 0 unspecified atom stereocenters. The fourth-order valence-electron chi connectivity index (χ4n) is 1.26. The van der Waals surface area contributed by atoms with Crippen molar-refractivity contribution in [1.82, 2.24) is 14.8 Å². The molecule has 0 aliphatic heterocycles. The summed E-state index contributed by atoms with van der Waals surface area (Å²) in [7, 11) is 0. The average molecular weight is 338 g/mol. The Bertz CT molecular complexity index is 540. The first-order valence-electron chi connectivity index (χ1n) is 3.97. The number of carboxylic acid groups (broad SMARTS) is 1. The quantitative estimate of drug-likeness (QED) is 0.670. The molecule has 0 fully saturated rings. The van der Waals surface area contributed by atoms with Crippen molar-refractivity contribution in [3.63, 3.8) is 0 Å². The molecule has 2 aromatic heterocycles. The average Bonchev–Trinajstić information content (AvgIpc) is 2.42. The van der Waals surface area contributed by atoms with Gasteiger partial charge in [-0.15, -0.1) is 0 Å². The lowest BCUT2D eigenvalue weighted by molar-refractivity contribution is -0.137. The van der Waals surface area contributed by atoms with E-state index in [0.717, 1.165) is 5.39 Å². The zero-order valence-electron chi connectivity index (χ0n) is 7.31. The van der Waals surface area contributed by atoms with E-state index in [4.69, 9.17) is 16.7 Å². The second-order valence-electron chi connectivity index (χ2n) is 2.87. The van der Waals surface area contributed by atoms with Crippen molar-refractivity contribution < 1.29 is 9.90 Å². The van der Waals surface area contributed by atoms with Gasteiger partial charge in [-0.2, -0.15) is 5.10 Å². The predicted molar refractivity (Wildman–Crippen MR) is 62.9 cm³/mol. The standard InChI is InChI=1S/C8H5ClIN3O2/c9-6-1-4-5(2-11-6)13(3-7(14)15)12-8(4)10/h1-2H,3H2,(H,14,15). The molecule has 2 heterocycles. The third-order valence-corrected chi connectivity index (χ3v) is 2.85. The van der Waals surface area contributed by atoms with Gasteiger partial charge in [0.2, 0.25) is 0 Å². The molecule has 0 saturated heterocycles. The molecule has 0 amide bonds. The lowest BCUT2D eigenvalue weighted by Gasteiger charge is -1.97. The molecule has 0 spiro atoms. The molecule has 2 rings (SSSR count). The number of carboxylic acids is 1. The van der Waals surface area contributed by atoms with Crippen LogP contribution in [0.25, 0.3) is 10.9 Å². The SMILES string of the molecule is O=C(O)Cn1nc(I)c2cc(Cl)ncc21. The molecule has 0 aliphatic rings. The summed E-state index contributed by atoms with van der Waals surface area (Å²) >= 11 is 7.77. The Morgan fingerprint density at radius 1 is 1.67 bits per heavy atom. The first-order valence-corrected chi connectivity index (χ1v) is 5.43. The topological polar surface area (TPSA) is 68.0 Å². The van der Waals surface area contributed by atoms with Crippen LogP contribution in [0, 0.1) is 3.70 Å². The number of aliphatic carboxylic acids is 1. The molecule has 2 aromatic rings. The molecule has 0 radical (unpaired) electrons. The number of fused-ring (bicyclic) bond motifs is 1. The van der Waals surface area contributed by atoms with Crippen LogP contribution >= 0.6 is 34.2 Å². The summed E-state index contributed by atoms with van der Waals surface area (Å²) in [5, 5.41) is 14.0. The van der Waals surface area contributed by atoms with Gasteiger partial charge in [-0.25, -0.2) is 4.98 Å². The van der Waals surface area contributed by atoms with Gasteiger partial charge in [-0.3, -0.25) is 9.48 Å². The molecule has 0 aliphatic carbocycles. The minimum Gasteiger partial charge on any atom is -0.480 e. The first kappa shape index (κ1) is 10.6. The molecule has 7 heteroatoms. The van der Waals surface area contributed by atoms with Crippen LogP contribution in [0.1, 0.15) is 0 Å². The molecule has 0 atom stereocenters. The lowest BCUT2D eigenvalue weighted by atomic mass is 10.3. The van der Waals surface area contributed by atoms with Crippen LogP contribution in [-0.2, 0) is 11.3 Å². The minimum atomic E-state index is -0.939. The van der Waals surface area contributed by atoms with Crippen LogP contribution in [0.4, 0.5) is 0 Å². The summed E-state index contributed by atoms with van der Waals surface area (Å²) in [5.41, 5.74) is 0.672. The minimum absolute atomic E-state index is 0.178. The van der Waals surface area contributed by atoms with Gasteiger partial charge in [0.25, 0.3) is 0 Å². The highest BCUT2D eigenvalue weighted by atomic mass is 127. The zero-order valence-corrected chi connectivity index (χ0v) is 10.2. The van der Waals surface area contributed by atoms with Gasteiger partial charge < -0.3 is 5.11 Å². The van der Waals surface area contributed by atoms with Gasteiger partial charge in [-0.05, 0) is 28.7 Å². The number of nitrogens with zero attached hydrogens (tertiary/aromatic N) is 3. The number of hydrogen-bond donors (Lipinski definition) is 1. The Balaban J connectivity index is 2.62. The van der Waals surface area contributed by atoms with E-state index in [1.54, 1.807) is 6.07 Å². The number of aromatic nitrogens is 3. The predicted octanol–water partition coefficient (Wildman–Crippen LogP) is 1.77. The number of carbonyl (C=O) groups is 1. The van der Waals surface area contributed by atoms with Crippen molar-refractivity contribution in [2.24, 2.45) is 0 Å². The van der Waals surface area contributed by atoms with E-state index >= 15 is 0 Å². The highest BCUT2D eigenvalue weighted by molar-refractivity contribution is 14.1. The number of halogens is 2. The van der Waals surface area contributed by atoms with Gasteiger partial charge in [0, 0.05) is 5.39 Å². The van der Waals surface area contributed by atoms with E-state index in [-0.39, 0.29) is 6.54 Å². The van der Waals surface area contributed by atoms with Gasteiger partial charge >= 0.3 is 5.97 Å². The summed E-state index contributed by atoms with van der Waals surface area (Å²) in [6.45, 7) is -0.178. The van der Waals surface area contributed by atoms with E-state index in [0.29, 0.717) is 14.4 Å². The van der Waals surface area contributed by atoms with Crippen LogP contribution in [0.2, 0.25) is 5.15 Å². The molecule has 0 bridgehead atoms. The van der Waals surface area contributed by atoms with E-state index in [9.17, 15) is 4.79 Å². The van der Waals surface area contributed by atoms with Crippen LogP contribution in [-0.4, -0.2) is 25.8 Å². The van der Waals surface area contributed by atoms with Gasteiger partial charge in [0.1, 0.15) is 15.4 Å². The molecule has 15 heavy (non-hydrogen) atoms. The maximum atomic E-state index is 10.6. The normalized spacial score (nSPS) is 10.8. The second-order valence-corrected chi connectivity index (χ2v) is 4.28. The largest absolute Gasteiger partial charge is 0.480 e. The second kappa shape index (κ2) is 3.93. The Kier molecular flexibility index (Phi) is 2.79. The zero-order chi connectivity index (χ0) is 11.0. The van der Waals surface area contributed by atoms with Crippen LogP contribution in [0.3, 0.4) is 0 Å². The smallest absolute Gasteiger partial charge is 0.325 e. The van der Waals surface area contributed by atoms with Crippen LogP contribution in [0.15, 0.2) is 12.3 Å². The van der Waals surface area contributed by atoms with Gasteiger partial charge in [0.05, 0.1) is 11.7 Å². The molecule has 0 saturated carbocycles. The van der Waals surface area contributed by atoms with Crippen molar-refractivity contribution in [2.45, 2.75) is 6.54 Å². The van der Waals surface area contributed by atoms with Crippen molar-refractivity contribution in [3.8, 4) is 0 Å². The Morgan fingerprint density at radius 2 is 2.40 bits per heavy atom. The lowest BCUT2D eigenvalue weighted by Crippen LogP contribution is -2.10.